The van der Waals surface area contributed by atoms with Crippen molar-refractivity contribution >= 4 is 11.5 Å². The molecule has 2 aliphatic heterocycles. The van der Waals surface area contributed by atoms with Crippen molar-refractivity contribution in [2.45, 2.75) is 19.4 Å². The minimum absolute atomic E-state index is 0.119. The smallest absolute Gasteiger partial charge is 0.251 e. The van der Waals surface area contributed by atoms with Gasteiger partial charge in [-0.3, -0.25) is 9.69 Å². The van der Waals surface area contributed by atoms with Crippen molar-refractivity contribution in [3.8, 4) is 11.5 Å². The van der Waals surface area contributed by atoms with Crippen molar-refractivity contribution in [1.29, 1.82) is 0 Å². The van der Waals surface area contributed by atoms with Crippen LogP contribution in [0.1, 0.15) is 34.3 Å². The van der Waals surface area contributed by atoms with Gasteiger partial charge in [0.05, 0.1) is 0 Å². The number of amides is 1. The topological polar surface area (TPSA) is 62.8 Å². The molecule has 3 aliphatic rings. The number of piperazine rings is 1. The SMILES string of the molecule is O=C(NCc1cccc(C2=CC(CN3CCNCC3)=CCC2)c1)c1ccc2c(c1)OCO2. The van der Waals surface area contributed by atoms with Crippen molar-refractivity contribution in [1.82, 2.24) is 15.5 Å². The van der Waals surface area contributed by atoms with Crippen LogP contribution in [0.5, 0.6) is 11.5 Å². The van der Waals surface area contributed by atoms with E-state index in [0.717, 1.165) is 51.1 Å². The molecule has 2 N–H and O–H groups in total. The Balaban J connectivity index is 1.22. The summed E-state index contributed by atoms with van der Waals surface area (Å²) in [5, 5.41) is 6.44. The van der Waals surface area contributed by atoms with E-state index < -0.39 is 0 Å². The quantitative estimate of drug-likeness (QED) is 0.735. The molecule has 6 heteroatoms. The Morgan fingerprint density at radius 1 is 1.06 bits per heavy atom. The van der Waals surface area contributed by atoms with Crippen molar-refractivity contribution in [3.05, 3.63) is 76.9 Å². The van der Waals surface area contributed by atoms with Gasteiger partial charge in [-0.05, 0) is 59.4 Å². The minimum Gasteiger partial charge on any atom is -0.454 e. The Labute approximate surface area is 188 Å². The second-order valence-corrected chi connectivity index (χ2v) is 8.46. The van der Waals surface area contributed by atoms with Crippen molar-refractivity contribution in [3.63, 3.8) is 0 Å². The van der Waals surface area contributed by atoms with Gasteiger partial charge in [0.1, 0.15) is 0 Å². The number of carbonyl (C=O) groups is 1. The number of hydrogen-bond acceptors (Lipinski definition) is 5. The highest BCUT2D eigenvalue weighted by Crippen LogP contribution is 2.32. The Morgan fingerprint density at radius 2 is 1.94 bits per heavy atom. The van der Waals surface area contributed by atoms with Gasteiger partial charge in [0.15, 0.2) is 11.5 Å². The predicted molar refractivity (Wildman–Crippen MR) is 125 cm³/mol. The maximum Gasteiger partial charge on any atom is 0.251 e. The van der Waals surface area contributed by atoms with Crippen molar-refractivity contribution in [2.24, 2.45) is 0 Å². The lowest BCUT2D eigenvalue weighted by atomic mass is 9.92. The second kappa shape index (κ2) is 9.59. The first kappa shape index (κ1) is 20.8. The maximum absolute atomic E-state index is 12.6. The fourth-order valence-electron chi connectivity index (χ4n) is 4.44. The molecule has 2 aromatic rings. The molecule has 5 rings (SSSR count). The predicted octanol–water partition coefficient (Wildman–Crippen LogP) is 3.35. The molecule has 0 unspecified atom stereocenters. The molecule has 0 radical (unpaired) electrons. The summed E-state index contributed by atoms with van der Waals surface area (Å²) in [7, 11) is 0. The summed E-state index contributed by atoms with van der Waals surface area (Å²) in [6, 6.07) is 13.8. The van der Waals surface area contributed by atoms with E-state index in [9.17, 15) is 4.79 Å². The van der Waals surface area contributed by atoms with E-state index in [0.29, 0.717) is 23.6 Å². The van der Waals surface area contributed by atoms with Crippen LogP contribution in [0, 0.1) is 0 Å². The lowest BCUT2D eigenvalue weighted by Crippen LogP contribution is -2.44. The van der Waals surface area contributed by atoms with Gasteiger partial charge in [-0.15, -0.1) is 0 Å². The summed E-state index contributed by atoms with van der Waals surface area (Å²) in [6.45, 7) is 6.08. The molecule has 0 aromatic heterocycles. The average molecular weight is 432 g/mol. The molecule has 32 heavy (non-hydrogen) atoms. The molecule has 1 aliphatic carbocycles. The molecule has 0 spiro atoms. The fourth-order valence-corrected chi connectivity index (χ4v) is 4.44. The molecule has 0 saturated carbocycles. The third-order valence-corrected chi connectivity index (χ3v) is 6.18. The maximum atomic E-state index is 12.6. The Morgan fingerprint density at radius 3 is 2.84 bits per heavy atom. The zero-order valence-electron chi connectivity index (χ0n) is 18.2. The summed E-state index contributed by atoms with van der Waals surface area (Å²) in [6.07, 6.45) is 6.87. The largest absolute Gasteiger partial charge is 0.454 e. The second-order valence-electron chi connectivity index (χ2n) is 8.46. The van der Waals surface area contributed by atoms with Gasteiger partial charge in [0.2, 0.25) is 6.79 Å². The summed E-state index contributed by atoms with van der Waals surface area (Å²) in [5.41, 5.74) is 5.70. The molecular weight excluding hydrogens is 402 g/mol. The van der Waals surface area contributed by atoms with Gasteiger partial charge in [0, 0.05) is 44.8 Å². The van der Waals surface area contributed by atoms with Gasteiger partial charge in [-0.25, -0.2) is 0 Å². The van der Waals surface area contributed by atoms with E-state index in [1.807, 2.05) is 0 Å². The fraction of sp³-hybridized carbons (Fsp3) is 0.346. The molecule has 0 bridgehead atoms. The standard InChI is InChI=1S/C26H29N3O3/c30-26(23-7-8-24-25(15-23)32-18-31-24)28-16-19-3-1-5-21(13-19)22-6-2-4-20(14-22)17-29-11-9-27-10-12-29/h1,3-5,7-8,13-15,27H,2,6,9-12,16-18H2,(H,28,30). The average Bonchev–Trinajstić information content (AvgIpc) is 3.32. The molecule has 0 atom stereocenters. The molecule has 2 aromatic carbocycles. The zero-order valence-corrected chi connectivity index (χ0v) is 18.2. The van der Waals surface area contributed by atoms with Gasteiger partial charge >= 0.3 is 0 Å². The minimum atomic E-state index is -0.119. The molecule has 6 nitrogen and oxygen atoms in total. The molecule has 166 valence electrons. The summed E-state index contributed by atoms with van der Waals surface area (Å²) in [5.74, 6) is 1.18. The highest BCUT2D eigenvalue weighted by Gasteiger charge is 2.17. The summed E-state index contributed by atoms with van der Waals surface area (Å²) < 4.78 is 10.7. The van der Waals surface area contributed by atoms with Crippen LogP contribution in [-0.4, -0.2) is 50.3 Å². The summed E-state index contributed by atoms with van der Waals surface area (Å²) in [4.78, 5) is 15.1. The first-order chi connectivity index (χ1) is 15.7. The summed E-state index contributed by atoms with van der Waals surface area (Å²) >= 11 is 0. The van der Waals surface area contributed by atoms with Gasteiger partial charge in [0.25, 0.3) is 5.91 Å². The molecule has 1 amide bonds. The molecule has 1 fully saturated rings. The number of rotatable bonds is 6. The van der Waals surface area contributed by atoms with E-state index in [2.05, 4.69) is 52.0 Å². The first-order valence-electron chi connectivity index (χ1n) is 11.3. The van der Waals surface area contributed by atoms with Crippen LogP contribution < -0.4 is 20.1 Å². The van der Waals surface area contributed by atoms with Crippen LogP contribution in [0.3, 0.4) is 0 Å². The number of hydrogen-bond donors (Lipinski definition) is 2. The van der Waals surface area contributed by atoms with E-state index >= 15 is 0 Å². The van der Waals surface area contributed by atoms with Gasteiger partial charge in [-0.2, -0.15) is 0 Å². The lowest BCUT2D eigenvalue weighted by molar-refractivity contribution is 0.0950. The van der Waals surface area contributed by atoms with E-state index in [1.54, 1.807) is 18.2 Å². The number of carbonyl (C=O) groups excluding carboxylic acids is 1. The Kier molecular flexibility index (Phi) is 6.23. The Hall–Kier alpha value is -3.09. The number of nitrogens with zero attached hydrogens (tertiary/aromatic N) is 1. The third kappa shape index (κ3) is 4.87. The monoisotopic (exact) mass is 431 g/mol. The molecule has 1 saturated heterocycles. The number of ether oxygens (including phenoxy) is 2. The van der Waals surface area contributed by atoms with Crippen molar-refractivity contribution < 1.29 is 14.3 Å². The number of allylic oxidation sites excluding steroid dienone is 2. The van der Waals surface area contributed by atoms with E-state index in [1.165, 1.54) is 16.7 Å². The molecule has 2 heterocycles. The van der Waals surface area contributed by atoms with E-state index in [4.69, 9.17) is 9.47 Å². The first-order valence-corrected chi connectivity index (χ1v) is 11.3. The highest BCUT2D eigenvalue weighted by atomic mass is 16.7. The Bertz CT molecular complexity index is 1050. The van der Waals surface area contributed by atoms with Gasteiger partial charge < -0.3 is 20.1 Å². The van der Waals surface area contributed by atoms with Crippen LogP contribution in [0.15, 0.2) is 60.2 Å². The van der Waals surface area contributed by atoms with Crippen LogP contribution in [0.4, 0.5) is 0 Å². The van der Waals surface area contributed by atoms with Gasteiger partial charge in [-0.1, -0.05) is 30.4 Å². The van der Waals surface area contributed by atoms with Crippen LogP contribution in [-0.2, 0) is 6.54 Å². The number of fused-ring (bicyclic) bond motifs is 1. The zero-order chi connectivity index (χ0) is 21.8. The number of nitrogens with one attached hydrogen (secondary N) is 2. The van der Waals surface area contributed by atoms with E-state index in [-0.39, 0.29) is 12.7 Å². The normalized spacial score (nSPS) is 18.1. The van der Waals surface area contributed by atoms with Crippen LogP contribution >= 0.6 is 0 Å². The van der Waals surface area contributed by atoms with Crippen LogP contribution in [0.2, 0.25) is 0 Å². The third-order valence-electron chi connectivity index (χ3n) is 6.18. The van der Waals surface area contributed by atoms with Crippen molar-refractivity contribution in [2.75, 3.05) is 39.5 Å². The lowest BCUT2D eigenvalue weighted by Gasteiger charge is -2.28. The highest BCUT2D eigenvalue weighted by molar-refractivity contribution is 5.94. The number of benzene rings is 2. The molecular formula is C26H29N3O3. The van der Waals surface area contributed by atoms with Crippen LogP contribution in [0.25, 0.3) is 5.57 Å².